The Morgan fingerprint density at radius 1 is 0.970 bits per heavy atom. The van der Waals surface area contributed by atoms with Gasteiger partial charge in [-0.25, -0.2) is 9.97 Å². The highest BCUT2D eigenvalue weighted by Crippen LogP contribution is 2.41. The fraction of sp³-hybridized carbons (Fsp3) is 0.0385. The third kappa shape index (κ3) is 2.83. The smallest absolute Gasteiger partial charge is 0.220 e. The zero-order valence-corrected chi connectivity index (χ0v) is 18.3. The van der Waals surface area contributed by atoms with E-state index in [1.807, 2.05) is 12.4 Å². The van der Waals surface area contributed by atoms with Crippen LogP contribution < -0.4 is 5.73 Å². The van der Waals surface area contributed by atoms with E-state index in [1.165, 1.54) is 15.0 Å². The number of aromatic nitrogens is 5. The first kappa shape index (κ1) is 18.4. The predicted octanol–water partition coefficient (Wildman–Crippen LogP) is 6.11. The van der Waals surface area contributed by atoms with Gasteiger partial charge in [0.05, 0.1) is 29.5 Å². The highest BCUT2D eigenvalue weighted by molar-refractivity contribution is 7.22. The third-order valence-corrected chi connectivity index (χ3v) is 7.34. The number of rotatable bonds is 3. The monoisotopic (exact) mass is 446 g/mol. The molecule has 4 aromatic heterocycles. The van der Waals surface area contributed by atoms with Crippen LogP contribution in [0.3, 0.4) is 0 Å². The van der Waals surface area contributed by atoms with Crippen molar-refractivity contribution < 1.29 is 0 Å². The van der Waals surface area contributed by atoms with E-state index in [1.54, 1.807) is 11.3 Å². The van der Waals surface area contributed by atoms with E-state index in [0.29, 0.717) is 0 Å². The van der Waals surface area contributed by atoms with Crippen LogP contribution in [0.15, 0.2) is 85.4 Å². The van der Waals surface area contributed by atoms with Gasteiger partial charge in [0, 0.05) is 32.3 Å². The second-order valence-electron chi connectivity index (χ2n) is 8.18. The number of hydrogen-bond acceptors (Lipinski definition) is 5. The molecule has 6 nitrogen and oxygen atoms in total. The molecule has 0 saturated heterocycles. The number of anilines is 1. The molecule has 0 fully saturated rings. The van der Waals surface area contributed by atoms with Gasteiger partial charge in [0.2, 0.25) is 5.95 Å². The third-order valence-electron chi connectivity index (χ3n) is 6.19. The van der Waals surface area contributed by atoms with Crippen LogP contribution in [0, 0.1) is 0 Å². The van der Waals surface area contributed by atoms with Crippen molar-refractivity contribution in [2.45, 2.75) is 6.04 Å². The van der Waals surface area contributed by atoms with E-state index < -0.39 is 0 Å². The number of thiophene rings is 1. The van der Waals surface area contributed by atoms with Gasteiger partial charge in [-0.2, -0.15) is 5.10 Å². The summed E-state index contributed by atoms with van der Waals surface area (Å²) in [4.78, 5) is 10.1. The zero-order valence-electron chi connectivity index (χ0n) is 17.4. The first-order valence-electron chi connectivity index (χ1n) is 10.7. The molecule has 0 radical (unpaired) electrons. The maximum atomic E-state index is 6.00. The highest BCUT2D eigenvalue weighted by atomic mass is 32.1. The summed E-state index contributed by atoms with van der Waals surface area (Å²) in [7, 11) is 0. The fourth-order valence-corrected chi connectivity index (χ4v) is 5.72. The fourth-order valence-electron chi connectivity index (χ4n) is 4.63. The van der Waals surface area contributed by atoms with Crippen molar-refractivity contribution in [2.75, 3.05) is 5.73 Å². The van der Waals surface area contributed by atoms with Gasteiger partial charge < -0.3 is 10.3 Å². The molecule has 33 heavy (non-hydrogen) atoms. The molecule has 7 rings (SSSR count). The molecule has 3 N–H and O–H groups in total. The Hall–Kier alpha value is -4.23. The first-order chi connectivity index (χ1) is 16.2. The Bertz CT molecular complexity index is 1700. The number of nitrogen functional groups attached to an aromatic ring is 1. The molecule has 0 amide bonds. The van der Waals surface area contributed by atoms with Crippen molar-refractivity contribution in [3.05, 3.63) is 85.4 Å². The van der Waals surface area contributed by atoms with Gasteiger partial charge in [0.15, 0.2) is 0 Å². The Kier molecular flexibility index (Phi) is 3.83. The summed E-state index contributed by atoms with van der Waals surface area (Å²) in [5, 5.41) is 9.83. The lowest BCUT2D eigenvalue weighted by Crippen LogP contribution is -2.01. The summed E-state index contributed by atoms with van der Waals surface area (Å²) in [6.07, 6.45) is 14.3. The number of H-pyrrole nitrogens is 1. The Morgan fingerprint density at radius 3 is 2.73 bits per heavy atom. The van der Waals surface area contributed by atoms with Crippen LogP contribution in [-0.4, -0.2) is 24.7 Å². The maximum Gasteiger partial charge on any atom is 0.220 e. The largest absolute Gasteiger partial charge is 0.368 e. The number of hydrogen-bond donors (Lipinski definition) is 2. The molecular weight excluding hydrogens is 428 g/mol. The van der Waals surface area contributed by atoms with Gasteiger partial charge in [0.25, 0.3) is 0 Å². The van der Waals surface area contributed by atoms with Crippen LogP contribution in [0.5, 0.6) is 0 Å². The van der Waals surface area contributed by atoms with Crippen LogP contribution in [0.1, 0.15) is 6.04 Å². The Labute approximate surface area is 192 Å². The van der Waals surface area contributed by atoms with Crippen molar-refractivity contribution in [1.82, 2.24) is 24.7 Å². The molecule has 6 aromatic rings. The van der Waals surface area contributed by atoms with Crippen molar-refractivity contribution in [1.29, 1.82) is 0 Å². The van der Waals surface area contributed by atoms with Crippen molar-refractivity contribution in [3.8, 4) is 21.6 Å². The normalized spacial score (nSPS) is 13.8. The number of nitrogens with one attached hydrogen (secondary N) is 1. The van der Waals surface area contributed by atoms with Gasteiger partial charge in [0.1, 0.15) is 5.52 Å². The zero-order chi connectivity index (χ0) is 21.9. The number of fused-ring (bicyclic) bond motifs is 3. The summed E-state index contributed by atoms with van der Waals surface area (Å²) in [5.41, 5.74) is 12.1. The molecule has 4 heterocycles. The van der Waals surface area contributed by atoms with Gasteiger partial charge in [-0.15, -0.1) is 11.3 Å². The van der Waals surface area contributed by atoms with E-state index in [4.69, 9.17) is 5.73 Å². The number of aromatic amines is 1. The average molecular weight is 447 g/mol. The number of benzene rings is 2. The minimum absolute atomic E-state index is 0.133. The van der Waals surface area contributed by atoms with Gasteiger partial charge in [-0.3, -0.25) is 5.10 Å². The summed E-state index contributed by atoms with van der Waals surface area (Å²) in [5.74, 6) is 0.271. The maximum absolute atomic E-state index is 6.00. The lowest BCUT2D eigenvalue weighted by Gasteiger charge is -2.09. The van der Waals surface area contributed by atoms with Gasteiger partial charge in [-0.05, 0) is 35.2 Å². The van der Waals surface area contributed by atoms with E-state index >= 15 is 0 Å². The number of allylic oxidation sites excluding steroid dienone is 4. The molecule has 0 unspecified atom stereocenters. The molecule has 158 valence electrons. The first-order valence-corrected chi connectivity index (χ1v) is 11.5. The van der Waals surface area contributed by atoms with Crippen molar-refractivity contribution in [3.63, 3.8) is 0 Å². The van der Waals surface area contributed by atoms with Crippen LogP contribution >= 0.6 is 11.3 Å². The molecule has 0 spiro atoms. The quantitative estimate of drug-likeness (QED) is 0.344. The predicted molar refractivity (Wildman–Crippen MR) is 135 cm³/mol. The molecule has 1 aliphatic rings. The standard InChI is InChI=1S/C26H18N6S/c27-26-28-13-21-25(30-26)20(14-32(21)18-6-2-3-7-18)16-9-17-12-29-31-24(17)19(10-16)23-11-15-5-1-4-8-22(15)33-23/h1-14,18H,(H,29,31)(H2,27,28,30). The lowest BCUT2D eigenvalue weighted by atomic mass is 10.0. The molecule has 2 aromatic carbocycles. The minimum atomic E-state index is 0.133. The molecule has 7 heteroatoms. The van der Waals surface area contributed by atoms with Gasteiger partial charge >= 0.3 is 0 Å². The minimum Gasteiger partial charge on any atom is -0.368 e. The van der Waals surface area contributed by atoms with Crippen molar-refractivity contribution >= 4 is 49.3 Å². The topological polar surface area (TPSA) is 85.4 Å². The molecule has 1 aliphatic carbocycles. The number of nitrogens with two attached hydrogens (primary N) is 1. The lowest BCUT2D eigenvalue weighted by molar-refractivity contribution is 0.762. The molecule has 0 bridgehead atoms. The second-order valence-corrected chi connectivity index (χ2v) is 9.26. The molecule has 0 aliphatic heterocycles. The summed E-state index contributed by atoms with van der Waals surface area (Å²) in [6.45, 7) is 0. The van der Waals surface area contributed by atoms with E-state index in [9.17, 15) is 0 Å². The van der Waals surface area contributed by atoms with Crippen LogP contribution in [-0.2, 0) is 0 Å². The van der Waals surface area contributed by atoms with Crippen LogP contribution in [0.25, 0.3) is 53.6 Å². The summed E-state index contributed by atoms with van der Waals surface area (Å²) in [6, 6.07) is 15.2. The van der Waals surface area contributed by atoms with E-state index in [2.05, 4.69) is 97.7 Å². The van der Waals surface area contributed by atoms with E-state index in [-0.39, 0.29) is 12.0 Å². The SMILES string of the molecule is Nc1ncc2c(n1)c(-c1cc(-c3cc4ccccc4s3)c3[nH]ncc3c1)cn2C1C=CC=C1. The highest BCUT2D eigenvalue weighted by Gasteiger charge is 2.19. The second kappa shape index (κ2) is 6.88. The Balaban J connectivity index is 1.50. The Morgan fingerprint density at radius 2 is 1.85 bits per heavy atom. The summed E-state index contributed by atoms with van der Waals surface area (Å²) >= 11 is 1.79. The van der Waals surface area contributed by atoms with Crippen LogP contribution in [0.2, 0.25) is 0 Å². The number of nitrogens with zero attached hydrogens (tertiary/aromatic N) is 4. The van der Waals surface area contributed by atoms with Crippen molar-refractivity contribution in [2.24, 2.45) is 0 Å². The van der Waals surface area contributed by atoms with Gasteiger partial charge in [-0.1, -0.05) is 42.5 Å². The molecular formula is C26H18N6S. The van der Waals surface area contributed by atoms with Crippen LogP contribution in [0.4, 0.5) is 5.95 Å². The molecule has 0 atom stereocenters. The van der Waals surface area contributed by atoms with E-state index in [0.717, 1.165) is 38.6 Å². The summed E-state index contributed by atoms with van der Waals surface area (Å²) < 4.78 is 3.46. The average Bonchev–Trinajstić information content (AvgIpc) is 3.63. The molecule has 0 saturated carbocycles.